The average Bonchev–Trinajstić information content (AvgIpc) is 2.42. The van der Waals surface area contributed by atoms with Gasteiger partial charge in [-0.3, -0.25) is 4.79 Å². The summed E-state index contributed by atoms with van der Waals surface area (Å²) in [5, 5.41) is 0. The molecule has 1 heterocycles. The van der Waals surface area contributed by atoms with E-state index >= 15 is 0 Å². The minimum absolute atomic E-state index is 0.0484. The largest absolute Gasteiger partial charge is 0.496 e. The lowest BCUT2D eigenvalue weighted by Gasteiger charge is -2.13. The van der Waals surface area contributed by atoms with Crippen molar-refractivity contribution in [2.45, 2.75) is 13.5 Å². The molecule has 2 aromatic rings. The van der Waals surface area contributed by atoms with E-state index in [0.717, 1.165) is 16.8 Å². The second kappa shape index (κ2) is 5.88. The molecule has 0 aliphatic heterocycles. The van der Waals surface area contributed by atoms with Crippen LogP contribution in [0, 0.1) is 6.92 Å². The van der Waals surface area contributed by atoms with Gasteiger partial charge < -0.3 is 15.0 Å². The molecular weight excluding hydrogens is 272 g/mol. The molecule has 104 valence electrons. The average molecular weight is 288 g/mol. The van der Waals surface area contributed by atoms with Gasteiger partial charge in [-0.25, -0.2) is 0 Å². The summed E-state index contributed by atoms with van der Waals surface area (Å²) >= 11 is 4.99. The molecule has 5 heteroatoms. The summed E-state index contributed by atoms with van der Waals surface area (Å²) in [6.45, 7) is 2.32. The number of nitrogens with two attached hydrogens (primary N) is 1. The highest BCUT2D eigenvalue weighted by atomic mass is 32.1. The topological polar surface area (TPSA) is 57.2 Å². The third-order valence-corrected chi connectivity index (χ3v) is 3.40. The van der Waals surface area contributed by atoms with Crippen molar-refractivity contribution in [1.29, 1.82) is 0 Å². The first-order valence-electron chi connectivity index (χ1n) is 6.16. The molecule has 0 fully saturated rings. The number of aryl methyl sites for hydroxylation is 1. The van der Waals surface area contributed by atoms with Gasteiger partial charge in [0.25, 0.3) is 5.56 Å². The molecule has 0 radical (unpaired) electrons. The third-order valence-electron chi connectivity index (χ3n) is 3.16. The second-order valence-corrected chi connectivity index (χ2v) is 4.92. The molecule has 2 N–H and O–H groups in total. The standard InChI is InChI=1S/C15H16N2O2S/c1-10-4-3-5-14(18)17(10)9-12-8-11(15(16)20)6-7-13(12)19-2/h3-8H,9H2,1-2H3,(H2,16,20). The Bertz CT molecular complexity index is 707. The van der Waals surface area contributed by atoms with Crippen LogP contribution in [-0.2, 0) is 6.54 Å². The van der Waals surface area contributed by atoms with Crippen LogP contribution in [0.4, 0.5) is 0 Å². The first-order valence-corrected chi connectivity index (χ1v) is 6.57. The highest BCUT2D eigenvalue weighted by molar-refractivity contribution is 7.80. The highest BCUT2D eigenvalue weighted by Gasteiger charge is 2.09. The van der Waals surface area contributed by atoms with Crippen molar-refractivity contribution in [3.05, 3.63) is 63.6 Å². The highest BCUT2D eigenvalue weighted by Crippen LogP contribution is 2.21. The SMILES string of the molecule is COc1ccc(C(N)=S)cc1Cn1c(C)cccc1=O. The predicted molar refractivity (Wildman–Crippen MR) is 83.4 cm³/mol. The van der Waals surface area contributed by atoms with Gasteiger partial charge in [-0.2, -0.15) is 0 Å². The Morgan fingerprint density at radius 2 is 2.10 bits per heavy atom. The van der Waals surface area contributed by atoms with Crippen molar-refractivity contribution in [2.75, 3.05) is 7.11 Å². The van der Waals surface area contributed by atoms with E-state index in [0.29, 0.717) is 17.3 Å². The molecule has 0 saturated heterocycles. The summed E-state index contributed by atoms with van der Waals surface area (Å²) in [4.78, 5) is 12.3. The number of benzene rings is 1. The fourth-order valence-corrected chi connectivity index (χ4v) is 2.18. The van der Waals surface area contributed by atoms with E-state index in [1.165, 1.54) is 6.07 Å². The summed E-state index contributed by atoms with van der Waals surface area (Å²) in [5.74, 6) is 0.708. The number of nitrogens with zero attached hydrogens (tertiary/aromatic N) is 1. The molecule has 2 rings (SSSR count). The van der Waals surface area contributed by atoms with E-state index in [1.807, 2.05) is 31.2 Å². The van der Waals surface area contributed by atoms with Crippen LogP contribution < -0.4 is 16.0 Å². The van der Waals surface area contributed by atoms with Gasteiger partial charge in [0.15, 0.2) is 0 Å². The van der Waals surface area contributed by atoms with Gasteiger partial charge in [-0.15, -0.1) is 0 Å². The van der Waals surface area contributed by atoms with Crippen molar-refractivity contribution >= 4 is 17.2 Å². The van der Waals surface area contributed by atoms with Crippen molar-refractivity contribution in [3.8, 4) is 5.75 Å². The molecular formula is C15H16N2O2S. The maximum absolute atomic E-state index is 11.9. The molecule has 0 aliphatic rings. The summed E-state index contributed by atoms with van der Waals surface area (Å²) < 4.78 is 7.01. The molecule has 20 heavy (non-hydrogen) atoms. The number of thiocarbonyl (C=S) groups is 1. The number of aromatic nitrogens is 1. The number of ether oxygens (including phenoxy) is 1. The second-order valence-electron chi connectivity index (χ2n) is 4.48. The first kappa shape index (κ1) is 14.3. The minimum atomic E-state index is -0.0484. The quantitative estimate of drug-likeness (QED) is 0.872. The lowest BCUT2D eigenvalue weighted by molar-refractivity contribution is 0.408. The van der Waals surface area contributed by atoms with Crippen LogP contribution in [0.3, 0.4) is 0 Å². The lowest BCUT2D eigenvalue weighted by Crippen LogP contribution is -2.22. The number of hydrogen-bond donors (Lipinski definition) is 1. The maximum atomic E-state index is 11.9. The van der Waals surface area contributed by atoms with Crippen LogP contribution in [0.1, 0.15) is 16.8 Å². The molecule has 0 atom stereocenters. The molecule has 1 aromatic heterocycles. The van der Waals surface area contributed by atoms with E-state index in [1.54, 1.807) is 17.7 Å². The van der Waals surface area contributed by atoms with E-state index < -0.39 is 0 Å². The van der Waals surface area contributed by atoms with Gasteiger partial charge in [-0.05, 0) is 31.2 Å². The Hall–Kier alpha value is -2.14. The van der Waals surface area contributed by atoms with Crippen LogP contribution in [-0.4, -0.2) is 16.7 Å². The minimum Gasteiger partial charge on any atom is -0.496 e. The molecule has 0 unspecified atom stereocenters. The molecule has 0 spiro atoms. The van der Waals surface area contributed by atoms with Crippen LogP contribution >= 0.6 is 12.2 Å². The Kier molecular flexibility index (Phi) is 4.20. The van der Waals surface area contributed by atoms with Crippen LogP contribution in [0.15, 0.2) is 41.2 Å². The molecule has 0 bridgehead atoms. The zero-order valence-corrected chi connectivity index (χ0v) is 12.2. The molecule has 0 aliphatic carbocycles. The van der Waals surface area contributed by atoms with E-state index in [9.17, 15) is 4.79 Å². The summed E-state index contributed by atoms with van der Waals surface area (Å²) in [7, 11) is 1.60. The summed E-state index contributed by atoms with van der Waals surface area (Å²) in [6, 6.07) is 10.7. The lowest BCUT2D eigenvalue weighted by atomic mass is 10.1. The van der Waals surface area contributed by atoms with Crippen molar-refractivity contribution < 1.29 is 4.74 Å². The number of methoxy groups -OCH3 is 1. The Labute approximate surface area is 122 Å². The molecule has 4 nitrogen and oxygen atoms in total. The number of hydrogen-bond acceptors (Lipinski definition) is 3. The van der Waals surface area contributed by atoms with Crippen molar-refractivity contribution in [2.24, 2.45) is 5.73 Å². The summed E-state index contributed by atoms with van der Waals surface area (Å²) in [6.07, 6.45) is 0. The van der Waals surface area contributed by atoms with Gasteiger partial charge in [0.05, 0.1) is 13.7 Å². The molecule has 0 saturated carbocycles. The molecule has 1 aromatic carbocycles. The van der Waals surface area contributed by atoms with Crippen LogP contribution in [0.25, 0.3) is 0 Å². The fraction of sp³-hybridized carbons (Fsp3) is 0.200. The Balaban J connectivity index is 2.49. The third kappa shape index (κ3) is 2.88. The fourth-order valence-electron chi connectivity index (χ4n) is 2.05. The normalized spacial score (nSPS) is 10.3. The monoisotopic (exact) mass is 288 g/mol. The number of rotatable bonds is 4. The van der Waals surface area contributed by atoms with Crippen molar-refractivity contribution in [1.82, 2.24) is 4.57 Å². The van der Waals surface area contributed by atoms with Crippen LogP contribution in [0.2, 0.25) is 0 Å². The smallest absolute Gasteiger partial charge is 0.251 e. The Morgan fingerprint density at radius 1 is 1.35 bits per heavy atom. The van der Waals surface area contributed by atoms with Crippen LogP contribution in [0.5, 0.6) is 5.75 Å². The Morgan fingerprint density at radius 3 is 2.70 bits per heavy atom. The van der Waals surface area contributed by atoms with Gasteiger partial charge in [0.2, 0.25) is 0 Å². The predicted octanol–water partition coefficient (Wildman–Crippen LogP) is 1.85. The maximum Gasteiger partial charge on any atom is 0.251 e. The molecule has 0 amide bonds. The van der Waals surface area contributed by atoms with E-state index in [-0.39, 0.29) is 5.56 Å². The van der Waals surface area contributed by atoms with Gasteiger partial charge in [-0.1, -0.05) is 18.3 Å². The van der Waals surface area contributed by atoms with Crippen molar-refractivity contribution in [3.63, 3.8) is 0 Å². The van der Waals surface area contributed by atoms with E-state index in [4.69, 9.17) is 22.7 Å². The van der Waals surface area contributed by atoms with E-state index in [2.05, 4.69) is 0 Å². The van der Waals surface area contributed by atoms with Gasteiger partial charge in [0, 0.05) is 22.9 Å². The zero-order valence-electron chi connectivity index (χ0n) is 11.4. The number of pyridine rings is 1. The first-order chi connectivity index (χ1) is 9.52. The van der Waals surface area contributed by atoms with Gasteiger partial charge in [0.1, 0.15) is 10.7 Å². The summed E-state index contributed by atoms with van der Waals surface area (Å²) in [5.41, 5.74) is 8.12. The zero-order chi connectivity index (χ0) is 14.7. The van der Waals surface area contributed by atoms with Gasteiger partial charge >= 0.3 is 0 Å².